The summed E-state index contributed by atoms with van der Waals surface area (Å²) in [5.41, 5.74) is 2.23. The average molecular weight is 288 g/mol. The maximum atomic E-state index is 12.8. The summed E-state index contributed by atoms with van der Waals surface area (Å²) >= 11 is 0. The van der Waals surface area contributed by atoms with E-state index in [-0.39, 0.29) is 17.9 Å². The molecule has 2 N–H and O–H groups in total. The fourth-order valence-corrected chi connectivity index (χ4v) is 3.50. The number of carboxylic acids is 1. The summed E-state index contributed by atoms with van der Waals surface area (Å²) in [6.07, 6.45) is 0.546. The highest BCUT2D eigenvalue weighted by Crippen LogP contribution is 2.31. The molecule has 0 aromatic heterocycles. The maximum absolute atomic E-state index is 12.8. The molecule has 1 fully saturated rings. The molecular formula is C16H20N2O3. The quantitative estimate of drug-likeness (QED) is 0.858. The number of amides is 1. The number of likely N-dealkylation sites (tertiary alicyclic amines) is 1. The van der Waals surface area contributed by atoms with Crippen LogP contribution in [0.1, 0.15) is 30.4 Å². The second-order valence-corrected chi connectivity index (χ2v) is 5.89. The van der Waals surface area contributed by atoms with Crippen LogP contribution < -0.4 is 5.32 Å². The summed E-state index contributed by atoms with van der Waals surface area (Å²) in [5, 5.41) is 12.5. The summed E-state index contributed by atoms with van der Waals surface area (Å²) < 4.78 is 0. The molecule has 112 valence electrons. The number of fused-ring (bicyclic) bond motifs is 1. The summed E-state index contributed by atoms with van der Waals surface area (Å²) in [6, 6.07) is 7.75. The number of aliphatic carboxylic acids is 1. The molecule has 2 heterocycles. The molecule has 5 heteroatoms. The van der Waals surface area contributed by atoms with Gasteiger partial charge in [-0.3, -0.25) is 9.59 Å². The lowest BCUT2D eigenvalue weighted by atomic mass is 9.89. The second kappa shape index (κ2) is 5.48. The number of carbonyl (C=O) groups is 2. The number of rotatable bonds is 2. The molecule has 0 spiro atoms. The van der Waals surface area contributed by atoms with E-state index in [4.69, 9.17) is 0 Å². The first-order valence-electron chi connectivity index (χ1n) is 7.41. The molecule has 5 nitrogen and oxygen atoms in total. The van der Waals surface area contributed by atoms with E-state index in [1.54, 1.807) is 4.90 Å². The van der Waals surface area contributed by atoms with Gasteiger partial charge in [-0.2, -0.15) is 0 Å². The highest BCUT2D eigenvalue weighted by atomic mass is 16.4. The average Bonchev–Trinajstić information content (AvgIpc) is 2.88. The predicted molar refractivity (Wildman–Crippen MR) is 77.8 cm³/mol. The molecule has 1 amide bonds. The largest absolute Gasteiger partial charge is 0.481 e. The van der Waals surface area contributed by atoms with Crippen molar-refractivity contribution < 1.29 is 14.7 Å². The number of carbonyl (C=O) groups excluding carboxylic acids is 1. The summed E-state index contributed by atoms with van der Waals surface area (Å²) in [7, 11) is 0. The van der Waals surface area contributed by atoms with Gasteiger partial charge in [-0.05, 0) is 24.5 Å². The molecule has 3 atom stereocenters. The third-order valence-corrected chi connectivity index (χ3v) is 4.75. The van der Waals surface area contributed by atoms with Gasteiger partial charge in [0.25, 0.3) is 0 Å². The molecule has 2 aliphatic rings. The van der Waals surface area contributed by atoms with Crippen LogP contribution in [0, 0.1) is 5.92 Å². The van der Waals surface area contributed by atoms with Crippen molar-refractivity contribution in [3.05, 3.63) is 35.4 Å². The van der Waals surface area contributed by atoms with Gasteiger partial charge in [0.15, 0.2) is 0 Å². The Morgan fingerprint density at radius 1 is 1.33 bits per heavy atom. The first kappa shape index (κ1) is 14.1. The molecule has 21 heavy (non-hydrogen) atoms. The van der Waals surface area contributed by atoms with Crippen LogP contribution >= 0.6 is 0 Å². The van der Waals surface area contributed by atoms with Gasteiger partial charge in [0, 0.05) is 25.7 Å². The van der Waals surface area contributed by atoms with Crippen LogP contribution in [0.15, 0.2) is 24.3 Å². The molecule has 1 aromatic rings. The van der Waals surface area contributed by atoms with Crippen molar-refractivity contribution >= 4 is 11.9 Å². The van der Waals surface area contributed by atoms with E-state index in [9.17, 15) is 14.7 Å². The Balaban J connectivity index is 1.83. The van der Waals surface area contributed by atoms with Crippen molar-refractivity contribution in [1.29, 1.82) is 0 Å². The van der Waals surface area contributed by atoms with E-state index in [0.29, 0.717) is 19.5 Å². The zero-order valence-corrected chi connectivity index (χ0v) is 12.1. The zero-order valence-electron chi connectivity index (χ0n) is 12.1. The zero-order chi connectivity index (χ0) is 15.0. The molecule has 1 aromatic carbocycles. The van der Waals surface area contributed by atoms with Crippen LogP contribution in [-0.4, -0.2) is 41.0 Å². The summed E-state index contributed by atoms with van der Waals surface area (Å²) in [5.74, 6) is -1.41. The molecule has 1 saturated heterocycles. The van der Waals surface area contributed by atoms with E-state index in [0.717, 1.165) is 17.7 Å². The Bertz CT molecular complexity index is 572. The van der Waals surface area contributed by atoms with E-state index >= 15 is 0 Å². The fraction of sp³-hybridized carbons (Fsp3) is 0.500. The lowest BCUT2D eigenvalue weighted by Crippen LogP contribution is -2.44. The SMILES string of the molecule is CC1C(C(=O)O)CCN1C(=O)C1CNCc2ccccc21. The molecule has 0 radical (unpaired) electrons. The third-order valence-electron chi connectivity index (χ3n) is 4.75. The Hall–Kier alpha value is -1.88. The van der Waals surface area contributed by atoms with Gasteiger partial charge in [0.2, 0.25) is 5.91 Å². The van der Waals surface area contributed by atoms with Crippen molar-refractivity contribution in [3.63, 3.8) is 0 Å². The third kappa shape index (κ3) is 2.42. The molecule has 0 saturated carbocycles. The number of hydrogen-bond donors (Lipinski definition) is 2. The number of carboxylic acid groups (broad SMARTS) is 1. The summed E-state index contributed by atoms with van der Waals surface area (Å²) in [6.45, 7) is 3.78. The minimum absolute atomic E-state index is 0.0471. The van der Waals surface area contributed by atoms with Gasteiger partial charge in [0.05, 0.1) is 11.8 Å². The minimum Gasteiger partial charge on any atom is -0.481 e. The van der Waals surface area contributed by atoms with Gasteiger partial charge in [-0.15, -0.1) is 0 Å². The highest BCUT2D eigenvalue weighted by molar-refractivity contribution is 5.86. The monoisotopic (exact) mass is 288 g/mol. The second-order valence-electron chi connectivity index (χ2n) is 5.89. The van der Waals surface area contributed by atoms with E-state index in [2.05, 4.69) is 5.32 Å². The van der Waals surface area contributed by atoms with Crippen molar-refractivity contribution in [1.82, 2.24) is 10.2 Å². The molecule has 3 unspecified atom stereocenters. The van der Waals surface area contributed by atoms with E-state index in [1.165, 1.54) is 0 Å². The maximum Gasteiger partial charge on any atom is 0.308 e. The van der Waals surface area contributed by atoms with Crippen LogP contribution in [0.2, 0.25) is 0 Å². The van der Waals surface area contributed by atoms with Gasteiger partial charge in [0.1, 0.15) is 0 Å². The molecule has 0 bridgehead atoms. The van der Waals surface area contributed by atoms with E-state index < -0.39 is 11.9 Å². The lowest BCUT2D eigenvalue weighted by molar-refractivity contribution is -0.143. The van der Waals surface area contributed by atoms with Crippen molar-refractivity contribution in [2.45, 2.75) is 31.8 Å². The molecule has 0 aliphatic carbocycles. The Labute approximate surface area is 123 Å². The van der Waals surface area contributed by atoms with Crippen molar-refractivity contribution in [2.24, 2.45) is 5.92 Å². The Kier molecular flexibility index (Phi) is 3.68. The van der Waals surface area contributed by atoms with Crippen molar-refractivity contribution in [2.75, 3.05) is 13.1 Å². The smallest absolute Gasteiger partial charge is 0.308 e. The molecular weight excluding hydrogens is 268 g/mol. The number of nitrogens with zero attached hydrogens (tertiary/aromatic N) is 1. The van der Waals surface area contributed by atoms with Gasteiger partial charge in [-0.1, -0.05) is 24.3 Å². The van der Waals surface area contributed by atoms with Gasteiger partial charge < -0.3 is 15.3 Å². The van der Waals surface area contributed by atoms with Crippen LogP contribution in [0.4, 0.5) is 0 Å². The van der Waals surface area contributed by atoms with Crippen molar-refractivity contribution in [3.8, 4) is 0 Å². The first-order valence-corrected chi connectivity index (χ1v) is 7.41. The molecule has 3 rings (SSSR count). The van der Waals surface area contributed by atoms with Gasteiger partial charge in [-0.25, -0.2) is 0 Å². The van der Waals surface area contributed by atoms with E-state index in [1.807, 2.05) is 31.2 Å². The fourth-order valence-electron chi connectivity index (χ4n) is 3.50. The standard InChI is InChI=1S/C16H20N2O3/c1-10-12(16(20)21)6-7-18(10)15(19)14-9-17-8-11-4-2-3-5-13(11)14/h2-5,10,12,14,17H,6-9H2,1H3,(H,20,21). The predicted octanol–water partition coefficient (Wildman–Crippen LogP) is 1.19. The summed E-state index contributed by atoms with van der Waals surface area (Å²) in [4.78, 5) is 25.8. The van der Waals surface area contributed by atoms with Crippen LogP contribution in [-0.2, 0) is 16.1 Å². The van der Waals surface area contributed by atoms with Crippen LogP contribution in [0.25, 0.3) is 0 Å². The van der Waals surface area contributed by atoms with Crippen LogP contribution in [0.5, 0.6) is 0 Å². The first-order chi connectivity index (χ1) is 10.1. The lowest BCUT2D eigenvalue weighted by Gasteiger charge is -2.31. The number of nitrogens with one attached hydrogen (secondary N) is 1. The Morgan fingerprint density at radius 3 is 2.81 bits per heavy atom. The molecule has 2 aliphatic heterocycles. The Morgan fingerprint density at radius 2 is 2.10 bits per heavy atom. The minimum atomic E-state index is -0.806. The topological polar surface area (TPSA) is 69.6 Å². The normalized spacial score (nSPS) is 28.2. The number of benzene rings is 1. The highest BCUT2D eigenvalue weighted by Gasteiger charge is 2.41. The van der Waals surface area contributed by atoms with Gasteiger partial charge >= 0.3 is 5.97 Å². The van der Waals surface area contributed by atoms with Crippen LogP contribution in [0.3, 0.4) is 0 Å². The number of hydrogen-bond acceptors (Lipinski definition) is 3.